The van der Waals surface area contributed by atoms with Gasteiger partial charge in [0.15, 0.2) is 0 Å². The minimum Gasteiger partial charge on any atom is -0.396 e. The maximum Gasteiger partial charge on any atom is 0.232 e. The first-order valence-electron chi connectivity index (χ1n) is 8.74. The third kappa shape index (κ3) is 4.79. The Morgan fingerprint density at radius 3 is 2.30 bits per heavy atom. The van der Waals surface area contributed by atoms with Crippen LogP contribution in [0.15, 0.2) is 30.3 Å². The van der Waals surface area contributed by atoms with Crippen molar-refractivity contribution in [1.29, 1.82) is 0 Å². The molecule has 1 amide bonds. The van der Waals surface area contributed by atoms with Crippen LogP contribution in [0.3, 0.4) is 0 Å². The highest BCUT2D eigenvalue weighted by Crippen LogP contribution is 2.26. The van der Waals surface area contributed by atoms with E-state index < -0.39 is 5.41 Å². The van der Waals surface area contributed by atoms with Crippen molar-refractivity contribution in [2.24, 2.45) is 0 Å². The number of carbonyl (C=O) groups excluding carboxylic acids is 1. The van der Waals surface area contributed by atoms with Crippen molar-refractivity contribution in [3.63, 3.8) is 0 Å². The summed E-state index contributed by atoms with van der Waals surface area (Å²) in [5, 5.41) is 8.81. The summed E-state index contributed by atoms with van der Waals surface area (Å²) in [5.41, 5.74) is 0.612. The van der Waals surface area contributed by atoms with Crippen LogP contribution >= 0.6 is 0 Å². The van der Waals surface area contributed by atoms with E-state index in [0.717, 1.165) is 57.5 Å². The lowest BCUT2D eigenvalue weighted by atomic mass is 9.83. The largest absolute Gasteiger partial charge is 0.396 e. The zero-order valence-electron chi connectivity index (χ0n) is 14.5. The Balaban J connectivity index is 1.84. The second kappa shape index (κ2) is 8.46. The van der Waals surface area contributed by atoms with Crippen LogP contribution in [0.5, 0.6) is 0 Å². The molecule has 0 bridgehead atoms. The van der Waals surface area contributed by atoms with Gasteiger partial charge in [0.25, 0.3) is 0 Å². The van der Waals surface area contributed by atoms with Crippen molar-refractivity contribution in [2.45, 2.75) is 38.5 Å². The van der Waals surface area contributed by atoms with Crippen molar-refractivity contribution in [3.05, 3.63) is 35.9 Å². The van der Waals surface area contributed by atoms with Crippen LogP contribution < -0.4 is 0 Å². The number of piperazine rings is 1. The predicted molar refractivity (Wildman–Crippen MR) is 93.4 cm³/mol. The first-order valence-corrected chi connectivity index (χ1v) is 8.74. The fraction of sp³-hybridized carbons (Fsp3) is 0.632. The van der Waals surface area contributed by atoms with Crippen LogP contribution in [0.2, 0.25) is 0 Å². The van der Waals surface area contributed by atoms with Gasteiger partial charge in [0.05, 0.1) is 5.41 Å². The molecule has 0 saturated carbocycles. The zero-order valence-corrected chi connectivity index (χ0v) is 14.5. The Morgan fingerprint density at radius 2 is 1.70 bits per heavy atom. The van der Waals surface area contributed by atoms with E-state index in [9.17, 15) is 4.79 Å². The van der Waals surface area contributed by atoms with Crippen LogP contribution in [0, 0.1) is 0 Å². The monoisotopic (exact) mass is 318 g/mol. The molecule has 1 heterocycles. The fourth-order valence-corrected chi connectivity index (χ4v) is 3.17. The van der Waals surface area contributed by atoms with Crippen LogP contribution in [-0.2, 0) is 10.2 Å². The van der Waals surface area contributed by atoms with Crippen molar-refractivity contribution >= 4 is 5.91 Å². The van der Waals surface area contributed by atoms with Gasteiger partial charge in [0, 0.05) is 32.8 Å². The normalized spacial score (nSPS) is 16.6. The van der Waals surface area contributed by atoms with Crippen molar-refractivity contribution in [3.8, 4) is 0 Å². The molecule has 1 saturated heterocycles. The number of carbonyl (C=O) groups is 1. The molecule has 0 aliphatic carbocycles. The highest BCUT2D eigenvalue weighted by molar-refractivity contribution is 5.87. The number of benzene rings is 1. The summed E-state index contributed by atoms with van der Waals surface area (Å²) in [6.45, 7) is 8.94. The Labute approximate surface area is 140 Å². The van der Waals surface area contributed by atoms with E-state index in [4.69, 9.17) is 5.11 Å². The van der Waals surface area contributed by atoms with Crippen molar-refractivity contribution in [1.82, 2.24) is 9.80 Å². The van der Waals surface area contributed by atoms with Crippen LogP contribution in [0.25, 0.3) is 0 Å². The molecule has 0 spiro atoms. The van der Waals surface area contributed by atoms with Gasteiger partial charge in [-0.05, 0) is 45.2 Å². The lowest BCUT2D eigenvalue weighted by molar-refractivity contribution is -0.138. The molecule has 1 aliphatic heterocycles. The van der Waals surface area contributed by atoms with E-state index in [1.165, 1.54) is 0 Å². The van der Waals surface area contributed by atoms with Gasteiger partial charge in [-0.1, -0.05) is 30.3 Å². The fourth-order valence-electron chi connectivity index (χ4n) is 3.17. The summed E-state index contributed by atoms with van der Waals surface area (Å²) in [6.07, 6.45) is 3.10. The van der Waals surface area contributed by atoms with Gasteiger partial charge in [0.1, 0.15) is 0 Å². The van der Waals surface area contributed by atoms with Gasteiger partial charge in [-0.3, -0.25) is 9.69 Å². The number of aliphatic hydroxyl groups excluding tert-OH is 1. The molecule has 1 fully saturated rings. The molecule has 0 radical (unpaired) electrons. The lowest BCUT2D eigenvalue weighted by Crippen LogP contribution is -2.53. The van der Waals surface area contributed by atoms with E-state index in [1.807, 2.05) is 49.1 Å². The topological polar surface area (TPSA) is 43.8 Å². The van der Waals surface area contributed by atoms with Crippen molar-refractivity contribution in [2.75, 3.05) is 39.3 Å². The van der Waals surface area contributed by atoms with Gasteiger partial charge >= 0.3 is 0 Å². The third-order valence-corrected chi connectivity index (χ3v) is 4.82. The first-order chi connectivity index (χ1) is 11.1. The number of nitrogens with zero attached hydrogens (tertiary/aromatic N) is 2. The van der Waals surface area contributed by atoms with Gasteiger partial charge in [-0.25, -0.2) is 0 Å². The summed E-state index contributed by atoms with van der Waals surface area (Å²) in [4.78, 5) is 17.3. The van der Waals surface area contributed by atoms with Gasteiger partial charge in [-0.2, -0.15) is 0 Å². The third-order valence-electron chi connectivity index (χ3n) is 4.82. The van der Waals surface area contributed by atoms with Gasteiger partial charge in [0.2, 0.25) is 5.91 Å². The SMILES string of the molecule is CC(C)(C(=O)N1CCN(CCCCCO)CC1)c1ccccc1. The molecule has 4 heteroatoms. The molecule has 1 aromatic carbocycles. The number of hydrogen-bond donors (Lipinski definition) is 1. The average Bonchev–Trinajstić information content (AvgIpc) is 2.59. The smallest absolute Gasteiger partial charge is 0.232 e. The van der Waals surface area contributed by atoms with E-state index in [2.05, 4.69) is 4.90 Å². The summed E-state index contributed by atoms with van der Waals surface area (Å²) in [7, 11) is 0. The van der Waals surface area contributed by atoms with Crippen LogP contribution in [-0.4, -0.2) is 60.1 Å². The number of hydrogen-bond acceptors (Lipinski definition) is 3. The molecule has 128 valence electrons. The van der Waals surface area contributed by atoms with E-state index in [0.29, 0.717) is 0 Å². The average molecular weight is 318 g/mol. The molecule has 0 aromatic heterocycles. The Hall–Kier alpha value is -1.39. The molecule has 4 nitrogen and oxygen atoms in total. The Kier molecular flexibility index (Phi) is 6.60. The zero-order chi connectivity index (χ0) is 16.7. The second-order valence-electron chi connectivity index (χ2n) is 6.91. The first kappa shape index (κ1) is 18.0. The maximum atomic E-state index is 12.9. The number of amides is 1. The standard InChI is InChI=1S/C19H30N2O2/c1-19(2,17-9-5-3-6-10-17)18(23)21-14-12-20(13-15-21)11-7-4-8-16-22/h3,5-6,9-10,22H,4,7-8,11-16H2,1-2H3. The molecule has 2 rings (SSSR count). The minimum absolute atomic E-state index is 0.226. The van der Waals surface area contributed by atoms with E-state index in [-0.39, 0.29) is 12.5 Å². The second-order valence-corrected chi connectivity index (χ2v) is 6.91. The van der Waals surface area contributed by atoms with Crippen molar-refractivity contribution < 1.29 is 9.90 Å². The Morgan fingerprint density at radius 1 is 1.04 bits per heavy atom. The maximum absolute atomic E-state index is 12.9. The molecule has 1 N–H and O–H groups in total. The minimum atomic E-state index is -0.468. The molecular weight excluding hydrogens is 288 g/mol. The van der Waals surface area contributed by atoms with Gasteiger partial charge < -0.3 is 10.0 Å². The molecular formula is C19H30N2O2. The van der Waals surface area contributed by atoms with E-state index >= 15 is 0 Å². The Bertz CT molecular complexity index is 479. The summed E-state index contributed by atoms with van der Waals surface area (Å²) in [6, 6.07) is 10.0. The molecule has 23 heavy (non-hydrogen) atoms. The summed E-state index contributed by atoms with van der Waals surface area (Å²) >= 11 is 0. The molecule has 0 atom stereocenters. The summed E-state index contributed by atoms with van der Waals surface area (Å²) in [5.74, 6) is 0.226. The number of aliphatic hydroxyl groups is 1. The highest BCUT2D eigenvalue weighted by Gasteiger charge is 2.34. The number of rotatable bonds is 7. The van der Waals surface area contributed by atoms with Crippen LogP contribution in [0.4, 0.5) is 0 Å². The van der Waals surface area contributed by atoms with Gasteiger partial charge in [-0.15, -0.1) is 0 Å². The number of unbranched alkanes of at least 4 members (excludes halogenated alkanes) is 2. The quantitative estimate of drug-likeness (QED) is 0.784. The van der Waals surface area contributed by atoms with Crippen LogP contribution in [0.1, 0.15) is 38.7 Å². The predicted octanol–water partition coefficient (Wildman–Crippen LogP) is 2.27. The molecule has 1 aliphatic rings. The summed E-state index contributed by atoms with van der Waals surface area (Å²) < 4.78 is 0. The highest BCUT2D eigenvalue weighted by atomic mass is 16.2. The molecule has 1 aromatic rings. The molecule has 0 unspecified atom stereocenters. The van der Waals surface area contributed by atoms with E-state index in [1.54, 1.807) is 0 Å². The lowest BCUT2D eigenvalue weighted by Gasteiger charge is -2.38.